The summed E-state index contributed by atoms with van der Waals surface area (Å²) in [4.78, 5) is 40.6. The van der Waals surface area contributed by atoms with E-state index in [1.165, 1.54) is 10.5 Å². The second kappa shape index (κ2) is 6.87. The molecule has 2 heterocycles. The molecule has 6 nitrogen and oxygen atoms in total. The minimum Gasteiger partial charge on any atom is -0.462 e. The van der Waals surface area contributed by atoms with E-state index in [1.807, 2.05) is 23.1 Å². The van der Waals surface area contributed by atoms with Crippen LogP contribution in [-0.2, 0) is 20.7 Å². The van der Waals surface area contributed by atoms with Gasteiger partial charge >= 0.3 is 5.97 Å². The van der Waals surface area contributed by atoms with E-state index in [0.717, 1.165) is 18.7 Å². The van der Waals surface area contributed by atoms with Crippen molar-refractivity contribution in [2.45, 2.75) is 25.8 Å². The highest BCUT2D eigenvalue weighted by atomic mass is 16.5. The molecule has 2 aliphatic rings. The molecule has 1 atom stereocenters. The topological polar surface area (TPSA) is 66.9 Å². The number of ether oxygens (including phenoxy) is 1. The molecule has 27 heavy (non-hydrogen) atoms. The monoisotopic (exact) mass is 364 g/mol. The van der Waals surface area contributed by atoms with Gasteiger partial charge < -0.3 is 9.64 Å². The molecule has 0 spiro atoms. The van der Waals surface area contributed by atoms with Crippen molar-refractivity contribution >= 4 is 29.2 Å². The summed E-state index contributed by atoms with van der Waals surface area (Å²) in [6.45, 7) is 2.77. The van der Waals surface area contributed by atoms with Crippen LogP contribution in [0, 0.1) is 0 Å². The van der Waals surface area contributed by atoms with Gasteiger partial charge in [0.15, 0.2) is 0 Å². The number of para-hydroxylation sites is 1. The van der Waals surface area contributed by atoms with E-state index in [4.69, 9.17) is 4.74 Å². The highest BCUT2D eigenvalue weighted by Crippen LogP contribution is 2.34. The van der Waals surface area contributed by atoms with Gasteiger partial charge in [0.05, 0.1) is 24.3 Å². The third-order valence-electron chi connectivity index (χ3n) is 5.06. The highest BCUT2D eigenvalue weighted by molar-refractivity contribution is 6.23. The summed E-state index contributed by atoms with van der Waals surface area (Å²) in [7, 11) is 0. The Hall–Kier alpha value is -3.15. The first kappa shape index (κ1) is 17.3. The Morgan fingerprint density at radius 3 is 2.59 bits per heavy atom. The molecular formula is C21H20N2O4. The number of hydrogen-bond acceptors (Lipinski definition) is 5. The third kappa shape index (κ3) is 2.97. The van der Waals surface area contributed by atoms with E-state index < -0.39 is 12.0 Å². The summed E-state index contributed by atoms with van der Waals surface area (Å²) in [5.74, 6) is -0.867. The fourth-order valence-corrected chi connectivity index (χ4v) is 3.78. The fourth-order valence-electron chi connectivity index (χ4n) is 3.78. The Balaban J connectivity index is 1.56. The third-order valence-corrected chi connectivity index (χ3v) is 5.06. The summed E-state index contributed by atoms with van der Waals surface area (Å²) in [6, 6.07) is 13.9. The molecule has 1 saturated heterocycles. The first-order chi connectivity index (χ1) is 13.1. The van der Waals surface area contributed by atoms with Crippen LogP contribution in [0.2, 0.25) is 0 Å². The lowest BCUT2D eigenvalue weighted by Gasteiger charge is -2.25. The van der Waals surface area contributed by atoms with Crippen molar-refractivity contribution in [3.63, 3.8) is 0 Å². The molecule has 0 unspecified atom stereocenters. The van der Waals surface area contributed by atoms with Crippen LogP contribution in [0.3, 0.4) is 0 Å². The van der Waals surface area contributed by atoms with Gasteiger partial charge in [-0.3, -0.25) is 9.59 Å². The number of carbonyl (C=O) groups is 3. The van der Waals surface area contributed by atoms with Gasteiger partial charge in [-0.05, 0) is 49.2 Å². The number of benzene rings is 2. The zero-order chi connectivity index (χ0) is 19.0. The number of amides is 2. The minimum absolute atomic E-state index is 0.160. The minimum atomic E-state index is -0.481. The lowest BCUT2D eigenvalue weighted by Crippen LogP contribution is -2.41. The van der Waals surface area contributed by atoms with Crippen molar-refractivity contribution in [2.75, 3.05) is 23.0 Å². The van der Waals surface area contributed by atoms with Crippen molar-refractivity contribution in [2.24, 2.45) is 0 Å². The van der Waals surface area contributed by atoms with Gasteiger partial charge in [-0.1, -0.05) is 18.2 Å². The zero-order valence-corrected chi connectivity index (χ0v) is 15.1. The molecule has 2 aliphatic heterocycles. The van der Waals surface area contributed by atoms with E-state index in [-0.39, 0.29) is 18.2 Å². The lowest BCUT2D eigenvalue weighted by molar-refractivity contribution is -0.121. The molecule has 1 fully saturated rings. The molecule has 2 aromatic rings. The summed E-state index contributed by atoms with van der Waals surface area (Å²) in [5.41, 5.74) is 3.11. The predicted octanol–water partition coefficient (Wildman–Crippen LogP) is 2.56. The zero-order valence-electron chi connectivity index (χ0n) is 15.1. The largest absolute Gasteiger partial charge is 0.462 e. The maximum atomic E-state index is 13.0. The summed E-state index contributed by atoms with van der Waals surface area (Å²) in [5, 5.41) is 0. The Bertz CT molecular complexity index is 907. The SMILES string of the molecule is CCOC(=O)c1ccc(N2C(=O)C[C@@H](N3CCc4ccccc43)C2=O)cc1. The van der Waals surface area contributed by atoms with Crippen LogP contribution in [0.15, 0.2) is 48.5 Å². The summed E-state index contributed by atoms with van der Waals surface area (Å²) in [6.07, 6.45) is 1.04. The number of anilines is 2. The predicted molar refractivity (Wildman–Crippen MR) is 101 cm³/mol. The van der Waals surface area contributed by atoms with Crippen molar-refractivity contribution in [3.05, 3.63) is 59.7 Å². The summed E-state index contributed by atoms with van der Waals surface area (Å²) < 4.78 is 4.96. The number of fused-ring (bicyclic) bond motifs is 1. The number of imide groups is 1. The molecular weight excluding hydrogens is 344 g/mol. The van der Waals surface area contributed by atoms with Gasteiger partial charge in [0.2, 0.25) is 5.91 Å². The molecule has 138 valence electrons. The molecule has 0 radical (unpaired) electrons. The molecule has 0 bridgehead atoms. The Labute approximate surface area is 157 Å². The van der Waals surface area contributed by atoms with E-state index in [2.05, 4.69) is 6.07 Å². The van der Waals surface area contributed by atoms with Crippen LogP contribution in [0.1, 0.15) is 29.3 Å². The normalized spacial score (nSPS) is 18.8. The van der Waals surface area contributed by atoms with Gasteiger partial charge in [-0.2, -0.15) is 0 Å². The first-order valence-electron chi connectivity index (χ1n) is 9.08. The van der Waals surface area contributed by atoms with Gasteiger partial charge in [-0.25, -0.2) is 9.69 Å². The standard InChI is InChI=1S/C21H20N2O4/c1-2-27-21(26)15-7-9-16(10-8-15)23-19(24)13-18(20(23)25)22-12-11-14-5-3-4-6-17(14)22/h3-10,18H,2,11-13H2,1H3/t18-/m1/s1. The van der Waals surface area contributed by atoms with Gasteiger partial charge in [0, 0.05) is 12.2 Å². The molecule has 6 heteroatoms. The lowest BCUT2D eigenvalue weighted by atomic mass is 10.1. The van der Waals surface area contributed by atoms with Crippen molar-refractivity contribution in [3.8, 4) is 0 Å². The van der Waals surface area contributed by atoms with E-state index in [9.17, 15) is 14.4 Å². The molecule has 2 amide bonds. The molecule has 0 N–H and O–H groups in total. The van der Waals surface area contributed by atoms with Crippen LogP contribution in [-0.4, -0.2) is 37.0 Å². The van der Waals surface area contributed by atoms with E-state index >= 15 is 0 Å². The Morgan fingerprint density at radius 2 is 1.85 bits per heavy atom. The van der Waals surface area contributed by atoms with Crippen LogP contribution >= 0.6 is 0 Å². The van der Waals surface area contributed by atoms with Gasteiger partial charge in [0.1, 0.15) is 6.04 Å². The highest BCUT2D eigenvalue weighted by Gasteiger charge is 2.44. The second-order valence-electron chi connectivity index (χ2n) is 6.63. The second-order valence-corrected chi connectivity index (χ2v) is 6.63. The molecule has 0 saturated carbocycles. The van der Waals surface area contributed by atoms with Gasteiger partial charge in [0.25, 0.3) is 5.91 Å². The number of esters is 1. The molecule has 0 aliphatic carbocycles. The quantitative estimate of drug-likeness (QED) is 0.616. The molecule has 2 aromatic carbocycles. The number of nitrogens with zero attached hydrogens (tertiary/aromatic N) is 2. The van der Waals surface area contributed by atoms with Crippen molar-refractivity contribution in [1.29, 1.82) is 0 Å². The van der Waals surface area contributed by atoms with Crippen molar-refractivity contribution < 1.29 is 19.1 Å². The smallest absolute Gasteiger partial charge is 0.338 e. The van der Waals surface area contributed by atoms with Crippen LogP contribution in [0.5, 0.6) is 0 Å². The Morgan fingerprint density at radius 1 is 1.11 bits per heavy atom. The fraction of sp³-hybridized carbons (Fsp3) is 0.286. The molecule has 4 rings (SSSR count). The number of hydrogen-bond donors (Lipinski definition) is 0. The maximum Gasteiger partial charge on any atom is 0.338 e. The maximum absolute atomic E-state index is 13.0. The molecule has 0 aromatic heterocycles. The summed E-state index contributed by atoms with van der Waals surface area (Å²) >= 11 is 0. The Kier molecular flexibility index (Phi) is 4.39. The van der Waals surface area contributed by atoms with E-state index in [0.29, 0.717) is 17.9 Å². The average Bonchev–Trinajstić information content (AvgIpc) is 3.22. The number of rotatable bonds is 4. The first-order valence-corrected chi connectivity index (χ1v) is 9.08. The van der Waals surface area contributed by atoms with Crippen LogP contribution in [0.25, 0.3) is 0 Å². The average molecular weight is 364 g/mol. The number of carbonyl (C=O) groups excluding carboxylic acids is 3. The van der Waals surface area contributed by atoms with Crippen LogP contribution < -0.4 is 9.80 Å². The van der Waals surface area contributed by atoms with Crippen molar-refractivity contribution in [1.82, 2.24) is 0 Å². The van der Waals surface area contributed by atoms with Crippen LogP contribution in [0.4, 0.5) is 11.4 Å². The van der Waals surface area contributed by atoms with E-state index in [1.54, 1.807) is 31.2 Å². The van der Waals surface area contributed by atoms with Gasteiger partial charge in [-0.15, -0.1) is 0 Å².